The van der Waals surface area contributed by atoms with Crippen LogP contribution in [0.1, 0.15) is 52.0 Å². The molecule has 2 N–H and O–H groups in total. The Balaban J connectivity index is 0.000000336. The van der Waals surface area contributed by atoms with Crippen molar-refractivity contribution in [1.29, 1.82) is 0 Å². The highest BCUT2D eigenvalue weighted by Crippen LogP contribution is 2.24. The van der Waals surface area contributed by atoms with E-state index in [1.165, 1.54) is 23.3 Å². The molecule has 1 amide bonds. The highest BCUT2D eigenvalue weighted by molar-refractivity contribution is 5.87. The minimum Gasteiger partial charge on any atom is -0.497 e. The topological polar surface area (TPSA) is 75.6 Å². The second kappa shape index (κ2) is 12.8. The standard InChI is InChI=1S/C15H17NO2.C8H16O2/c1-11(17)16-9-8-13-5-3-4-12-6-7-14(18-2)10-15(12)13;1-3-5-7(6-4-2)8(9)10/h3-7,10H,8-9H2,1-2H3,(H,16,17);7H,3-6H2,1-2H3,(H,9,10). The second-order valence-electron chi connectivity index (χ2n) is 6.85. The summed E-state index contributed by atoms with van der Waals surface area (Å²) in [6.45, 7) is 6.23. The van der Waals surface area contributed by atoms with Crippen LogP contribution in [0.2, 0.25) is 0 Å². The number of carboxylic acid groups (broad SMARTS) is 1. The van der Waals surface area contributed by atoms with Gasteiger partial charge in [-0.25, -0.2) is 0 Å². The van der Waals surface area contributed by atoms with Crippen LogP contribution < -0.4 is 10.1 Å². The Hall–Kier alpha value is -2.56. The third-order valence-electron chi connectivity index (χ3n) is 4.57. The molecule has 0 saturated carbocycles. The molecule has 0 unspecified atom stereocenters. The Labute approximate surface area is 168 Å². The van der Waals surface area contributed by atoms with E-state index >= 15 is 0 Å². The largest absolute Gasteiger partial charge is 0.497 e. The summed E-state index contributed by atoms with van der Waals surface area (Å²) in [7, 11) is 1.67. The van der Waals surface area contributed by atoms with Crippen molar-refractivity contribution in [3.8, 4) is 5.75 Å². The van der Waals surface area contributed by atoms with Crippen molar-refractivity contribution in [3.63, 3.8) is 0 Å². The van der Waals surface area contributed by atoms with E-state index in [9.17, 15) is 9.59 Å². The van der Waals surface area contributed by atoms with Crippen LogP contribution >= 0.6 is 0 Å². The van der Waals surface area contributed by atoms with Crippen LogP contribution in [-0.2, 0) is 16.0 Å². The smallest absolute Gasteiger partial charge is 0.306 e. The number of aliphatic carboxylic acids is 1. The SMILES string of the molecule is CCCC(CCC)C(=O)O.COc1ccc2cccc(CCNC(C)=O)c2c1. The Morgan fingerprint density at radius 3 is 2.32 bits per heavy atom. The molecule has 0 aliphatic carbocycles. The van der Waals surface area contributed by atoms with Crippen molar-refractivity contribution in [1.82, 2.24) is 5.32 Å². The summed E-state index contributed by atoms with van der Waals surface area (Å²) < 4.78 is 5.25. The lowest BCUT2D eigenvalue weighted by molar-refractivity contribution is -0.142. The van der Waals surface area contributed by atoms with E-state index < -0.39 is 5.97 Å². The van der Waals surface area contributed by atoms with E-state index in [1.54, 1.807) is 7.11 Å². The average Bonchev–Trinajstić information content (AvgIpc) is 2.67. The molecule has 5 heteroatoms. The first kappa shape index (κ1) is 23.5. The monoisotopic (exact) mass is 387 g/mol. The lowest BCUT2D eigenvalue weighted by Crippen LogP contribution is -2.22. The van der Waals surface area contributed by atoms with Crippen molar-refractivity contribution in [3.05, 3.63) is 42.0 Å². The van der Waals surface area contributed by atoms with Gasteiger partial charge in [-0.3, -0.25) is 9.59 Å². The molecule has 5 nitrogen and oxygen atoms in total. The van der Waals surface area contributed by atoms with Gasteiger partial charge in [-0.05, 0) is 47.7 Å². The third kappa shape index (κ3) is 7.99. The molecule has 28 heavy (non-hydrogen) atoms. The predicted molar refractivity (Wildman–Crippen MR) is 114 cm³/mol. The number of nitrogens with one attached hydrogen (secondary N) is 1. The predicted octanol–water partition coefficient (Wildman–Crippen LogP) is 4.81. The van der Waals surface area contributed by atoms with Crippen molar-refractivity contribution < 1.29 is 19.4 Å². The number of carbonyl (C=O) groups excluding carboxylic acids is 1. The van der Waals surface area contributed by atoms with Gasteiger partial charge in [0.1, 0.15) is 5.75 Å². The summed E-state index contributed by atoms with van der Waals surface area (Å²) >= 11 is 0. The first-order valence-corrected chi connectivity index (χ1v) is 9.95. The Morgan fingerprint density at radius 2 is 1.79 bits per heavy atom. The van der Waals surface area contributed by atoms with Gasteiger partial charge in [-0.1, -0.05) is 51.0 Å². The van der Waals surface area contributed by atoms with Crippen LogP contribution in [0.25, 0.3) is 10.8 Å². The lowest BCUT2D eigenvalue weighted by Gasteiger charge is -2.08. The van der Waals surface area contributed by atoms with Gasteiger partial charge in [0, 0.05) is 13.5 Å². The molecule has 0 saturated heterocycles. The van der Waals surface area contributed by atoms with Crippen LogP contribution in [-0.4, -0.2) is 30.6 Å². The molecule has 0 fully saturated rings. The van der Waals surface area contributed by atoms with E-state index in [1.807, 2.05) is 32.0 Å². The number of amides is 1. The van der Waals surface area contributed by atoms with E-state index in [0.717, 1.165) is 37.9 Å². The van der Waals surface area contributed by atoms with Crippen LogP contribution in [0.15, 0.2) is 36.4 Å². The molecule has 2 aromatic carbocycles. The number of fused-ring (bicyclic) bond motifs is 1. The van der Waals surface area contributed by atoms with Gasteiger partial charge >= 0.3 is 5.97 Å². The molecule has 0 aromatic heterocycles. The van der Waals surface area contributed by atoms with Gasteiger partial charge in [0.2, 0.25) is 5.91 Å². The average molecular weight is 388 g/mol. The molecule has 0 radical (unpaired) electrons. The fourth-order valence-corrected chi connectivity index (χ4v) is 3.12. The van der Waals surface area contributed by atoms with Crippen LogP contribution in [0.4, 0.5) is 0 Å². The molecular formula is C23H33NO4. The number of carbonyl (C=O) groups is 2. The normalized spacial score (nSPS) is 10.3. The zero-order valence-corrected chi connectivity index (χ0v) is 17.5. The van der Waals surface area contributed by atoms with Gasteiger partial charge in [-0.15, -0.1) is 0 Å². The third-order valence-corrected chi connectivity index (χ3v) is 4.57. The molecule has 2 rings (SSSR count). The maximum absolute atomic E-state index is 10.9. The molecule has 0 aliphatic rings. The van der Waals surface area contributed by atoms with E-state index in [2.05, 4.69) is 23.5 Å². The van der Waals surface area contributed by atoms with Crippen molar-refractivity contribution in [2.24, 2.45) is 5.92 Å². The van der Waals surface area contributed by atoms with Gasteiger partial charge in [0.15, 0.2) is 0 Å². The molecule has 0 aliphatic heterocycles. The number of ether oxygens (including phenoxy) is 1. The Morgan fingerprint density at radius 1 is 1.11 bits per heavy atom. The van der Waals surface area contributed by atoms with Crippen molar-refractivity contribution in [2.75, 3.05) is 13.7 Å². The summed E-state index contributed by atoms with van der Waals surface area (Å²) in [6.07, 6.45) is 4.41. The quantitative estimate of drug-likeness (QED) is 0.647. The maximum atomic E-state index is 10.9. The van der Waals surface area contributed by atoms with Crippen LogP contribution in [0, 0.1) is 5.92 Å². The highest BCUT2D eigenvalue weighted by atomic mass is 16.5. The minimum atomic E-state index is -0.635. The van der Waals surface area contributed by atoms with Gasteiger partial charge in [-0.2, -0.15) is 0 Å². The van der Waals surface area contributed by atoms with E-state index in [0.29, 0.717) is 6.54 Å². The van der Waals surface area contributed by atoms with E-state index in [-0.39, 0.29) is 11.8 Å². The van der Waals surface area contributed by atoms with E-state index in [4.69, 9.17) is 9.84 Å². The number of rotatable bonds is 9. The first-order chi connectivity index (χ1) is 13.4. The molecule has 0 bridgehead atoms. The number of methoxy groups -OCH3 is 1. The fraction of sp³-hybridized carbons (Fsp3) is 0.478. The van der Waals surface area contributed by atoms with Crippen LogP contribution in [0.5, 0.6) is 5.75 Å². The number of hydrogen-bond donors (Lipinski definition) is 2. The van der Waals surface area contributed by atoms with Gasteiger partial charge in [0.05, 0.1) is 13.0 Å². The molecule has 0 spiro atoms. The van der Waals surface area contributed by atoms with Crippen LogP contribution in [0.3, 0.4) is 0 Å². The summed E-state index contributed by atoms with van der Waals surface area (Å²) in [5.74, 6) is 0.126. The number of hydrogen-bond acceptors (Lipinski definition) is 3. The summed E-state index contributed by atoms with van der Waals surface area (Å²) in [6, 6.07) is 12.3. The highest BCUT2D eigenvalue weighted by Gasteiger charge is 2.13. The lowest BCUT2D eigenvalue weighted by atomic mass is 9.99. The number of carboxylic acids is 1. The molecule has 0 heterocycles. The van der Waals surface area contributed by atoms with Crippen molar-refractivity contribution in [2.45, 2.75) is 52.9 Å². The fourth-order valence-electron chi connectivity index (χ4n) is 3.12. The summed E-state index contributed by atoms with van der Waals surface area (Å²) in [5, 5.41) is 13.8. The Bertz CT molecular complexity index is 751. The zero-order valence-electron chi connectivity index (χ0n) is 17.5. The Kier molecular flexibility index (Phi) is 10.7. The zero-order chi connectivity index (χ0) is 20.9. The minimum absolute atomic E-state index is 0.00724. The van der Waals surface area contributed by atoms with Crippen molar-refractivity contribution >= 4 is 22.6 Å². The molecule has 154 valence electrons. The second-order valence-corrected chi connectivity index (χ2v) is 6.85. The van der Waals surface area contributed by atoms with Gasteiger partial charge < -0.3 is 15.2 Å². The molecular weight excluding hydrogens is 354 g/mol. The summed E-state index contributed by atoms with van der Waals surface area (Å²) in [4.78, 5) is 21.3. The first-order valence-electron chi connectivity index (χ1n) is 9.95. The molecule has 2 aromatic rings. The molecule has 0 atom stereocenters. The number of benzene rings is 2. The summed E-state index contributed by atoms with van der Waals surface area (Å²) in [5.41, 5.74) is 1.22. The van der Waals surface area contributed by atoms with Gasteiger partial charge in [0.25, 0.3) is 0 Å². The maximum Gasteiger partial charge on any atom is 0.306 e.